The van der Waals surface area contributed by atoms with Gasteiger partial charge in [0, 0.05) is 30.1 Å². The molecule has 0 aliphatic carbocycles. The second kappa shape index (κ2) is 9.69. The van der Waals surface area contributed by atoms with Crippen LogP contribution in [0.25, 0.3) is 11.1 Å². The van der Waals surface area contributed by atoms with Crippen molar-refractivity contribution in [3.63, 3.8) is 0 Å². The molecule has 0 unspecified atom stereocenters. The molecule has 0 aliphatic heterocycles. The highest BCUT2D eigenvalue weighted by atomic mass is 32.2. The van der Waals surface area contributed by atoms with Crippen molar-refractivity contribution in [2.75, 3.05) is 19.0 Å². The Morgan fingerprint density at radius 1 is 1.10 bits per heavy atom. The smallest absolute Gasteiger partial charge is 0.215 e. The van der Waals surface area contributed by atoms with Crippen molar-refractivity contribution in [3.05, 3.63) is 72.2 Å². The SMILES string of the molecule is CCCNS(=O)(=O)Cc1cccc(Nc2cc(-c3ccc(F)cc3OC)ccn2)c1. The lowest BCUT2D eigenvalue weighted by Gasteiger charge is -2.12. The van der Waals surface area contributed by atoms with E-state index in [9.17, 15) is 12.8 Å². The number of pyridine rings is 1. The molecule has 2 aromatic carbocycles. The van der Waals surface area contributed by atoms with Crippen molar-refractivity contribution in [1.29, 1.82) is 0 Å². The van der Waals surface area contributed by atoms with Crippen LogP contribution >= 0.6 is 0 Å². The van der Waals surface area contributed by atoms with Crippen molar-refractivity contribution >= 4 is 21.5 Å². The van der Waals surface area contributed by atoms with Gasteiger partial charge in [-0.25, -0.2) is 22.5 Å². The molecule has 0 amide bonds. The second-order valence-corrected chi connectivity index (χ2v) is 8.56. The molecular formula is C22H24FN3O3S. The monoisotopic (exact) mass is 429 g/mol. The van der Waals surface area contributed by atoms with Crippen LogP contribution in [0.5, 0.6) is 5.75 Å². The fourth-order valence-electron chi connectivity index (χ4n) is 2.98. The molecule has 0 radical (unpaired) electrons. The number of hydrogen-bond acceptors (Lipinski definition) is 5. The zero-order valence-electron chi connectivity index (χ0n) is 16.9. The molecule has 0 bridgehead atoms. The van der Waals surface area contributed by atoms with Crippen molar-refractivity contribution in [2.24, 2.45) is 0 Å². The van der Waals surface area contributed by atoms with Crippen LogP contribution in [0.2, 0.25) is 0 Å². The van der Waals surface area contributed by atoms with Gasteiger partial charge in [-0.05, 0) is 53.9 Å². The van der Waals surface area contributed by atoms with E-state index < -0.39 is 10.0 Å². The summed E-state index contributed by atoms with van der Waals surface area (Å²) >= 11 is 0. The van der Waals surface area contributed by atoms with Gasteiger partial charge in [0.1, 0.15) is 17.4 Å². The van der Waals surface area contributed by atoms with Crippen LogP contribution in [0.1, 0.15) is 18.9 Å². The lowest BCUT2D eigenvalue weighted by molar-refractivity contribution is 0.413. The summed E-state index contributed by atoms with van der Waals surface area (Å²) in [6.45, 7) is 2.33. The number of rotatable bonds is 9. The summed E-state index contributed by atoms with van der Waals surface area (Å²) in [5, 5.41) is 3.19. The van der Waals surface area contributed by atoms with E-state index in [4.69, 9.17) is 4.74 Å². The Hall–Kier alpha value is -2.97. The summed E-state index contributed by atoms with van der Waals surface area (Å²) in [4.78, 5) is 4.32. The highest BCUT2D eigenvalue weighted by Crippen LogP contribution is 2.32. The normalized spacial score (nSPS) is 11.3. The molecule has 0 aliphatic rings. The Morgan fingerprint density at radius 3 is 2.70 bits per heavy atom. The molecule has 30 heavy (non-hydrogen) atoms. The van der Waals surface area contributed by atoms with Gasteiger partial charge in [0.05, 0.1) is 12.9 Å². The van der Waals surface area contributed by atoms with Crippen molar-refractivity contribution < 1.29 is 17.5 Å². The van der Waals surface area contributed by atoms with Crippen molar-refractivity contribution in [2.45, 2.75) is 19.1 Å². The van der Waals surface area contributed by atoms with Gasteiger partial charge >= 0.3 is 0 Å². The highest BCUT2D eigenvalue weighted by molar-refractivity contribution is 7.88. The van der Waals surface area contributed by atoms with E-state index in [1.807, 2.05) is 25.1 Å². The third kappa shape index (κ3) is 5.77. The number of methoxy groups -OCH3 is 1. The number of hydrogen-bond donors (Lipinski definition) is 2. The zero-order valence-corrected chi connectivity index (χ0v) is 17.7. The van der Waals surface area contributed by atoms with E-state index in [0.717, 1.165) is 17.5 Å². The molecule has 2 N–H and O–H groups in total. The van der Waals surface area contributed by atoms with Gasteiger partial charge in [0.15, 0.2) is 0 Å². The quantitative estimate of drug-likeness (QED) is 0.525. The first-order chi connectivity index (χ1) is 14.4. The lowest BCUT2D eigenvalue weighted by atomic mass is 10.1. The van der Waals surface area contributed by atoms with Crippen LogP contribution in [0, 0.1) is 5.82 Å². The summed E-state index contributed by atoms with van der Waals surface area (Å²) in [5.41, 5.74) is 2.94. The molecule has 158 valence electrons. The Kier molecular flexibility index (Phi) is 7.02. The topological polar surface area (TPSA) is 80.3 Å². The van der Waals surface area contributed by atoms with Gasteiger partial charge in [0.25, 0.3) is 0 Å². The summed E-state index contributed by atoms with van der Waals surface area (Å²) < 4.78 is 45.6. The standard InChI is InChI=1S/C22H24FN3O3S/c1-3-10-25-30(27,28)15-16-5-4-6-19(12-16)26-22-13-17(9-11-24-22)20-8-7-18(23)14-21(20)29-2/h4-9,11-14,25H,3,10,15H2,1-2H3,(H,24,26). The van der Waals surface area contributed by atoms with Gasteiger partial charge in [-0.2, -0.15) is 0 Å². The molecule has 3 rings (SSSR count). The van der Waals surface area contributed by atoms with Crippen LogP contribution in [0.3, 0.4) is 0 Å². The van der Waals surface area contributed by atoms with Gasteiger partial charge in [-0.15, -0.1) is 0 Å². The Bertz CT molecular complexity index is 1120. The molecule has 6 nitrogen and oxygen atoms in total. The maximum atomic E-state index is 13.5. The zero-order chi connectivity index (χ0) is 21.6. The van der Waals surface area contributed by atoms with Gasteiger partial charge in [-0.1, -0.05) is 19.1 Å². The molecule has 0 fully saturated rings. The summed E-state index contributed by atoms with van der Waals surface area (Å²) in [5.74, 6) is 0.535. The van der Waals surface area contributed by atoms with E-state index >= 15 is 0 Å². The van der Waals surface area contributed by atoms with Crippen LogP contribution in [0.4, 0.5) is 15.9 Å². The van der Waals surface area contributed by atoms with Gasteiger partial charge in [0.2, 0.25) is 10.0 Å². The third-order valence-electron chi connectivity index (χ3n) is 4.36. The van der Waals surface area contributed by atoms with Crippen molar-refractivity contribution in [1.82, 2.24) is 9.71 Å². The minimum absolute atomic E-state index is 0.0945. The molecule has 0 atom stereocenters. The Labute approximate surface area is 176 Å². The molecular weight excluding hydrogens is 405 g/mol. The predicted molar refractivity (Wildman–Crippen MR) is 117 cm³/mol. The predicted octanol–water partition coefficient (Wildman–Crippen LogP) is 4.47. The van der Waals surface area contributed by atoms with Gasteiger partial charge in [-0.3, -0.25) is 0 Å². The highest BCUT2D eigenvalue weighted by Gasteiger charge is 2.12. The number of halogens is 1. The average molecular weight is 430 g/mol. The minimum atomic E-state index is -3.38. The number of benzene rings is 2. The average Bonchev–Trinajstić information content (AvgIpc) is 2.72. The first kappa shape index (κ1) is 21.7. The maximum absolute atomic E-state index is 13.5. The molecule has 1 aromatic heterocycles. The van der Waals surface area contributed by atoms with E-state index in [-0.39, 0.29) is 11.6 Å². The largest absolute Gasteiger partial charge is 0.496 e. The summed E-state index contributed by atoms with van der Waals surface area (Å²) in [6, 6.07) is 15.2. The van der Waals surface area contributed by atoms with Crippen LogP contribution in [-0.4, -0.2) is 27.1 Å². The fourth-order valence-corrected chi connectivity index (χ4v) is 4.22. The number of nitrogens with one attached hydrogen (secondary N) is 2. The first-order valence-corrected chi connectivity index (χ1v) is 11.2. The van der Waals surface area contributed by atoms with E-state index in [2.05, 4.69) is 15.0 Å². The molecule has 8 heteroatoms. The maximum Gasteiger partial charge on any atom is 0.215 e. The van der Waals surface area contributed by atoms with E-state index in [0.29, 0.717) is 29.4 Å². The summed E-state index contributed by atoms with van der Waals surface area (Å²) in [7, 11) is -1.88. The third-order valence-corrected chi connectivity index (χ3v) is 5.72. The fraction of sp³-hybridized carbons (Fsp3) is 0.227. The Balaban J connectivity index is 1.80. The first-order valence-electron chi connectivity index (χ1n) is 9.53. The number of nitrogens with zero attached hydrogens (tertiary/aromatic N) is 1. The molecule has 0 saturated heterocycles. The van der Waals surface area contributed by atoms with E-state index in [1.54, 1.807) is 30.5 Å². The van der Waals surface area contributed by atoms with E-state index in [1.165, 1.54) is 19.2 Å². The minimum Gasteiger partial charge on any atom is -0.496 e. The Morgan fingerprint density at radius 2 is 1.93 bits per heavy atom. The van der Waals surface area contributed by atoms with Crippen LogP contribution in [0.15, 0.2) is 60.8 Å². The molecule has 0 spiro atoms. The molecule has 0 saturated carbocycles. The van der Waals surface area contributed by atoms with Crippen molar-refractivity contribution in [3.8, 4) is 16.9 Å². The lowest BCUT2D eigenvalue weighted by Crippen LogP contribution is -2.25. The second-order valence-electron chi connectivity index (χ2n) is 6.75. The number of ether oxygens (including phenoxy) is 1. The summed E-state index contributed by atoms with van der Waals surface area (Å²) in [6.07, 6.45) is 2.38. The van der Waals surface area contributed by atoms with Crippen LogP contribution < -0.4 is 14.8 Å². The van der Waals surface area contributed by atoms with Gasteiger partial charge < -0.3 is 10.1 Å². The molecule has 3 aromatic rings. The number of aromatic nitrogens is 1. The van der Waals surface area contributed by atoms with Crippen LogP contribution in [-0.2, 0) is 15.8 Å². The number of anilines is 2. The molecule has 1 heterocycles. The number of sulfonamides is 1.